The van der Waals surface area contributed by atoms with E-state index >= 15 is 0 Å². The first kappa shape index (κ1) is 19.6. The van der Waals surface area contributed by atoms with Crippen LogP contribution in [0.2, 0.25) is 0 Å². The average molecular weight is 411 g/mol. The topological polar surface area (TPSA) is 62.3 Å². The first-order valence-electron chi connectivity index (χ1n) is 9.18. The average Bonchev–Trinajstić information content (AvgIpc) is 3.01. The molecule has 30 heavy (non-hydrogen) atoms. The van der Waals surface area contributed by atoms with Crippen LogP contribution in [0.15, 0.2) is 60.8 Å². The van der Waals surface area contributed by atoms with Gasteiger partial charge in [0, 0.05) is 24.0 Å². The molecule has 4 rings (SSSR count). The van der Waals surface area contributed by atoms with Crippen LogP contribution in [0.1, 0.15) is 34.1 Å². The quantitative estimate of drug-likeness (QED) is 0.693. The van der Waals surface area contributed by atoms with Gasteiger partial charge in [-0.2, -0.15) is 0 Å². The fraction of sp³-hybridized carbons (Fsp3) is 0.136. The number of hydrogen-bond acceptors (Lipinski definition) is 3. The highest BCUT2D eigenvalue weighted by Crippen LogP contribution is 2.38. The Bertz CT molecular complexity index is 1120. The summed E-state index contributed by atoms with van der Waals surface area (Å²) in [5, 5.41) is 2.55. The number of halogens is 3. The van der Waals surface area contributed by atoms with Gasteiger partial charge in [-0.1, -0.05) is 0 Å². The molecule has 5 nitrogen and oxygen atoms in total. The second kappa shape index (κ2) is 7.98. The summed E-state index contributed by atoms with van der Waals surface area (Å²) >= 11 is 0. The highest BCUT2D eigenvalue weighted by Gasteiger charge is 2.39. The fourth-order valence-corrected chi connectivity index (χ4v) is 3.46. The molecule has 0 unspecified atom stereocenters. The summed E-state index contributed by atoms with van der Waals surface area (Å²) in [6, 6.07) is 10.9. The highest BCUT2D eigenvalue weighted by molar-refractivity contribution is 6.11. The number of nitrogens with zero attached hydrogens (tertiary/aromatic N) is 2. The number of benzene rings is 2. The summed E-state index contributed by atoms with van der Waals surface area (Å²) in [5.41, 5.74) is 1.22. The lowest BCUT2D eigenvalue weighted by Gasteiger charge is -2.24. The first-order valence-corrected chi connectivity index (χ1v) is 9.18. The third-order valence-electron chi connectivity index (χ3n) is 4.88. The Morgan fingerprint density at radius 3 is 2.53 bits per heavy atom. The molecule has 0 bridgehead atoms. The van der Waals surface area contributed by atoms with E-state index in [4.69, 9.17) is 0 Å². The number of hydrogen-bond donors (Lipinski definition) is 1. The Hall–Kier alpha value is -3.68. The molecule has 1 aliphatic heterocycles. The van der Waals surface area contributed by atoms with Crippen LogP contribution in [0.3, 0.4) is 0 Å². The minimum Gasteiger partial charge on any atom is -0.352 e. The van der Waals surface area contributed by atoms with Gasteiger partial charge in [0.25, 0.3) is 5.91 Å². The molecule has 1 aromatic heterocycles. The number of aromatic nitrogens is 1. The minimum absolute atomic E-state index is 0.0137. The van der Waals surface area contributed by atoms with Gasteiger partial charge in [0.15, 0.2) is 0 Å². The highest BCUT2D eigenvalue weighted by atomic mass is 19.1. The van der Waals surface area contributed by atoms with Crippen LogP contribution < -0.4 is 10.2 Å². The number of rotatable bonds is 5. The Labute approximate surface area is 170 Å². The number of pyridine rings is 1. The maximum atomic E-state index is 13.8. The molecule has 8 heteroatoms. The number of anilines is 1. The van der Waals surface area contributed by atoms with E-state index in [0.717, 1.165) is 18.2 Å². The maximum absolute atomic E-state index is 13.8. The monoisotopic (exact) mass is 411 g/mol. The largest absolute Gasteiger partial charge is 0.352 e. The van der Waals surface area contributed by atoms with E-state index in [1.54, 1.807) is 12.1 Å². The summed E-state index contributed by atoms with van der Waals surface area (Å²) in [6.45, 7) is -0.200. The lowest BCUT2D eigenvalue weighted by atomic mass is 10.1. The molecule has 3 aromatic rings. The van der Waals surface area contributed by atoms with Crippen molar-refractivity contribution in [3.63, 3.8) is 0 Å². The SMILES string of the molecule is O=C(C[C@@H]1c2ncccc2C(=O)N1c1ccc(F)cc1)NCc1cc(F)ccc1F. The smallest absolute Gasteiger partial charge is 0.260 e. The Morgan fingerprint density at radius 2 is 1.77 bits per heavy atom. The van der Waals surface area contributed by atoms with Crippen molar-refractivity contribution in [2.45, 2.75) is 19.0 Å². The number of amides is 2. The zero-order valence-electron chi connectivity index (χ0n) is 15.6. The van der Waals surface area contributed by atoms with E-state index in [0.29, 0.717) is 16.9 Å². The predicted molar refractivity (Wildman–Crippen MR) is 103 cm³/mol. The second-order valence-corrected chi connectivity index (χ2v) is 6.82. The van der Waals surface area contributed by atoms with E-state index in [1.807, 2.05) is 0 Å². The molecular weight excluding hydrogens is 395 g/mol. The zero-order valence-corrected chi connectivity index (χ0v) is 15.6. The van der Waals surface area contributed by atoms with Crippen LogP contribution in [-0.2, 0) is 11.3 Å². The van der Waals surface area contributed by atoms with Crippen LogP contribution in [0.4, 0.5) is 18.9 Å². The van der Waals surface area contributed by atoms with Crippen molar-refractivity contribution in [2.75, 3.05) is 4.90 Å². The van der Waals surface area contributed by atoms with Gasteiger partial charge < -0.3 is 5.32 Å². The van der Waals surface area contributed by atoms with E-state index in [-0.39, 0.29) is 24.4 Å². The van der Waals surface area contributed by atoms with Crippen molar-refractivity contribution in [3.8, 4) is 0 Å². The normalized spacial score (nSPS) is 15.2. The van der Waals surface area contributed by atoms with Crippen LogP contribution in [-0.4, -0.2) is 16.8 Å². The molecule has 0 fully saturated rings. The van der Waals surface area contributed by atoms with Crippen molar-refractivity contribution >= 4 is 17.5 Å². The molecule has 2 aromatic carbocycles. The molecule has 0 saturated carbocycles. The van der Waals surface area contributed by atoms with Crippen LogP contribution >= 0.6 is 0 Å². The van der Waals surface area contributed by atoms with E-state index < -0.39 is 29.4 Å². The number of carbonyl (C=O) groups excluding carboxylic acids is 2. The van der Waals surface area contributed by atoms with Crippen molar-refractivity contribution in [1.29, 1.82) is 0 Å². The molecule has 1 atom stereocenters. The summed E-state index contributed by atoms with van der Waals surface area (Å²) < 4.78 is 40.4. The first-order chi connectivity index (χ1) is 14.4. The van der Waals surface area contributed by atoms with Gasteiger partial charge in [-0.3, -0.25) is 19.5 Å². The predicted octanol–water partition coefficient (Wildman–Crippen LogP) is 3.91. The molecular formula is C22H16F3N3O2. The Kier molecular flexibility index (Phi) is 5.22. The van der Waals surface area contributed by atoms with Gasteiger partial charge in [-0.25, -0.2) is 13.2 Å². The molecule has 2 amide bonds. The zero-order chi connectivity index (χ0) is 21.3. The summed E-state index contributed by atoms with van der Waals surface area (Å²) in [6.07, 6.45) is 1.37. The van der Waals surface area contributed by atoms with Crippen molar-refractivity contribution < 1.29 is 22.8 Å². The number of nitrogens with one attached hydrogen (secondary N) is 1. The second-order valence-electron chi connectivity index (χ2n) is 6.82. The number of carbonyl (C=O) groups is 2. The molecule has 1 aliphatic rings. The van der Waals surface area contributed by atoms with E-state index in [2.05, 4.69) is 10.3 Å². The fourth-order valence-electron chi connectivity index (χ4n) is 3.46. The lowest BCUT2D eigenvalue weighted by molar-refractivity contribution is -0.121. The van der Waals surface area contributed by atoms with Crippen LogP contribution in [0.25, 0.3) is 0 Å². The molecule has 2 heterocycles. The van der Waals surface area contributed by atoms with E-state index in [9.17, 15) is 22.8 Å². The third kappa shape index (κ3) is 3.76. The molecule has 152 valence electrons. The minimum atomic E-state index is -0.712. The molecule has 0 spiro atoms. The Balaban J connectivity index is 1.56. The van der Waals surface area contributed by atoms with Crippen LogP contribution in [0, 0.1) is 17.5 Å². The van der Waals surface area contributed by atoms with Crippen LogP contribution in [0.5, 0.6) is 0 Å². The maximum Gasteiger partial charge on any atom is 0.260 e. The molecule has 0 saturated heterocycles. The van der Waals surface area contributed by atoms with Gasteiger partial charge in [-0.15, -0.1) is 0 Å². The third-order valence-corrected chi connectivity index (χ3v) is 4.88. The summed E-state index contributed by atoms with van der Waals surface area (Å²) in [7, 11) is 0. The van der Waals surface area contributed by atoms with E-state index in [1.165, 1.54) is 35.4 Å². The standard InChI is InChI=1S/C22H16F3N3O2/c23-14-3-6-16(7-4-14)28-19(21-17(22(28)30)2-1-9-26-21)11-20(29)27-12-13-10-15(24)5-8-18(13)25/h1-10,19H,11-12H2,(H,27,29)/t19-/m1/s1. The van der Waals surface area contributed by atoms with Gasteiger partial charge in [-0.05, 0) is 54.6 Å². The van der Waals surface area contributed by atoms with Crippen molar-refractivity contribution in [2.24, 2.45) is 0 Å². The lowest BCUT2D eigenvalue weighted by Crippen LogP contribution is -2.33. The van der Waals surface area contributed by atoms with Gasteiger partial charge >= 0.3 is 0 Å². The van der Waals surface area contributed by atoms with Gasteiger partial charge in [0.05, 0.1) is 23.7 Å². The molecule has 0 radical (unpaired) electrons. The molecule has 0 aliphatic carbocycles. The number of fused-ring (bicyclic) bond motifs is 1. The van der Waals surface area contributed by atoms with Gasteiger partial charge in [0.1, 0.15) is 17.5 Å². The summed E-state index contributed by atoms with van der Waals surface area (Å²) in [5.74, 6) is -2.51. The Morgan fingerprint density at radius 1 is 1.03 bits per heavy atom. The van der Waals surface area contributed by atoms with Gasteiger partial charge in [0.2, 0.25) is 5.91 Å². The van der Waals surface area contributed by atoms with Crippen molar-refractivity contribution in [1.82, 2.24) is 10.3 Å². The summed E-state index contributed by atoms with van der Waals surface area (Å²) in [4.78, 5) is 31.1. The molecule has 1 N–H and O–H groups in total. The van der Waals surface area contributed by atoms with Crippen molar-refractivity contribution in [3.05, 3.63) is 95.1 Å².